The number of Topliss-reactive ketones (excluding diaryl/α,β-unsaturated/α-hetero) is 1. The summed E-state index contributed by atoms with van der Waals surface area (Å²) in [5, 5.41) is 0. The first-order valence-corrected chi connectivity index (χ1v) is 9.20. The van der Waals surface area contributed by atoms with Crippen molar-refractivity contribution >= 4 is 11.8 Å². The van der Waals surface area contributed by atoms with Crippen molar-refractivity contribution in [2.24, 2.45) is 17.3 Å². The molecule has 1 aromatic heterocycles. The molecule has 4 saturated carbocycles. The maximum absolute atomic E-state index is 12.7. The maximum Gasteiger partial charge on any atom is 0.339 e. The molecule has 5 heteroatoms. The molecule has 4 aliphatic rings. The van der Waals surface area contributed by atoms with Crippen LogP contribution in [0.4, 0.5) is 0 Å². The molecule has 4 fully saturated rings. The van der Waals surface area contributed by atoms with Gasteiger partial charge in [-0.2, -0.15) is 0 Å². The fraction of sp³-hybridized carbons (Fsp3) is 0.650. The third-order valence-corrected chi connectivity index (χ3v) is 6.74. The van der Waals surface area contributed by atoms with Crippen molar-refractivity contribution in [1.82, 2.24) is 4.98 Å². The summed E-state index contributed by atoms with van der Waals surface area (Å²) < 4.78 is 11.5. The second-order valence-corrected chi connectivity index (χ2v) is 8.48. The number of esters is 1. The Bertz CT molecular complexity index is 724. The monoisotopic (exact) mass is 343 g/mol. The Labute approximate surface area is 148 Å². The number of nitrogens with zero attached hydrogens (tertiary/aromatic N) is 1. The van der Waals surface area contributed by atoms with Gasteiger partial charge in [-0.15, -0.1) is 0 Å². The fourth-order valence-electron chi connectivity index (χ4n) is 4.56. The normalized spacial score (nSPS) is 33.2. The Kier molecular flexibility index (Phi) is 3.67. The summed E-state index contributed by atoms with van der Waals surface area (Å²) in [6, 6.07) is 3.23. The van der Waals surface area contributed by atoms with Crippen LogP contribution in [0.2, 0.25) is 0 Å². The van der Waals surface area contributed by atoms with Crippen LogP contribution in [0.3, 0.4) is 0 Å². The van der Waals surface area contributed by atoms with Crippen molar-refractivity contribution in [2.75, 3.05) is 0 Å². The predicted octanol–water partition coefficient (Wildman–Crippen LogP) is 3.56. The number of rotatable bonds is 4. The van der Waals surface area contributed by atoms with E-state index < -0.39 is 11.6 Å². The second kappa shape index (κ2) is 5.55. The lowest BCUT2D eigenvalue weighted by molar-refractivity contribution is -0.196. The van der Waals surface area contributed by atoms with Gasteiger partial charge in [-0.1, -0.05) is 13.8 Å². The van der Waals surface area contributed by atoms with Crippen LogP contribution >= 0.6 is 0 Å². The molecule has 0 radical (unpaired) electrons. The first-order chi connectivity index (χ1) is 11.8. The molecule has 1 heterocycles. The molecule has 1 aromatic rings. The SMILES string of the molecule is CC1(C)C2CC(=O)[C@](C)(OC(=O)c3ccnc(OC4CCC4)c3)C1C2. The molecule has 134 valence electrons. The van der Waals surface area contributed by atoms with E-state index >= 15 is 0 Å². The van der Waals surface area contributed by atoms with Gasteiger partial charge in [-0.05, 0) is 50.0 Å². The van der Waals surface area contributed by atoms with Gasteiger partial charge in [0, 0.05) is 24.6 Å². The average molecular weight is 343 g/mol. The van der Waals surface area contributed by atoms with Gasteiger partial charge in [0.1, 0.15) is 6.10 Å². The topological polar surface area (TPSA) is 65.5 Å². The van der Waals surface area contributed by atoms with E-state index in [0.29, 0.717) is 23.8 Å². The third-order valence-electron chi connectivity index (χ3n) is 6.74. The number of fused-ring (bicyclic) bond motifs is 2. The number of ether oxygens (including phenoxy) is 2. The van der Waals surface area contributed by atoms with Gasteiger partial charge in [0.05, 0.1) is 5.56 Å². The molecular formula is C20H25NO4. The Balaban J connectivity index is 1.51. The van der Waals surface area contributed by atoms with Crippen molar-refractivity contribution in [3.05, 3.63) is 23.9 Å². The van der Waals surface area contributed by atoms with Gasteiger partial charge in [-0.25, -0.2) is 9.78 Å². The summed E-state index contributed by atoms with van der Waals surface area (Å²) in [6.07, 6.45) is 6.43. The summed E-state index contributed by atoms with van der Waals surface area (Å²) in [5.41, 5.74) is -0.606. The van der Waals surface area contributed by atoms with Crippen LogP contribution < -0.4 is 4.74 Å². The quantitative estimate of drug-likeness (QED) is 0.782. The highest BCUT2D eigenvalue weighted by Gasteiger charge is 2.65. The van der Waals surface area contributed by atoms with Crippen LogP contribution in [0, 0.1) is 17.3 Å². The highest BCUT2D eigenvalue weighted by Crippen LogP contribution is 2.62. The lowest BCUT2D eigenvalue weighted by Gasteiger charge is -2.62. The largest absolute Gasteiger partial charge is 0.474 e. The van der Waals surface area contributed by atoms with Gasteiger partial charge >= 0.3 is 5.97 Å². The van der Waals surface area contributed by atoms with Gasteiger partial charge in [0.25, 0.3) is 0 Å². The van der Waals surface area contributed by atoms with Gasteiger partial charge in [0.2, 0.25) is 5.88 Å². The summed E-state index contributed by atoms with van der Waals surface area (Å²) in [4.78, 5) is 29.4. The molecule has 5 nitrogen and oxygen atoms in total. The third kappa shape index (κ3) is 2.55. The Morgan fingerprint density at radius 2 is 2.04 bits per heavy atom. The van der Waals surface area contributed by atoms with E-state index in [1.807, 2.05) is 0 Å². The van der Waals surface area contributed by atoms with E-state index in [0.717, 1.165) is 19.3 Å². The Hall–Kier alpha value is -1.91. The molecule has 0 saturated heterocycles. The summed E-state index contributed by atoms with van der Waals surface area (Å²) in [7, 11) is 0. The smallest absolute Gasteiger partial charge is 0.339 e. The molecule has 5 rings (SSSR count). The lowest BCUT2D eigenvalue weighted by atomic mass is 9.44. The summed E-state index contributed by atoms with van der Waals surface area (Å²) >= 11 is 0. The van der Waals surface area contributed by atoms with Crippen LogP contribution in [-0.2, 0) is 9.53 Å². The number of hydrogen-bond donors (Lipinski definition) is 0. The maximum atomic E-state index is 12.7. The van der Waals surface area contributed by atoms with E-state index in [1.54, 1.807) is 25.3 Å². The van der Waals surface area contributed by atoms with Crippen molar-refractivity contribution in [3.63, 3.8) is 0 Å². The predicted molar refractivity (Wildman–Crippen MR) is 91.3 cm³/mol. The molecule has 25 heavy (non-hydrogen) atoms. The number of aromatic nitrogens is 1. The highest BCUT2D eigenvalue weighted by atomic mass is 16.6. The number of ketones is 1. The number of hydrogen-bond acceptors (Lipinski definition) is 5. The highest BCUT2D eigenvalue weighted by molar-refractivity contribution is 5.96. The van der Waals surface area contributed by atoms with Gasteiger partial charge in [0.15, 0.2) is 11.4 Å². The van der Waals surface area contributed by atoms with Gasteiger partial charge in [-0.3, -0.25) is 4.79 Å². The Morgan fingerprint density at radius 1 is 1.28 bits per heavy atom. The first-order valence-electron chi connectivity index (χ1n) is 9.20. The van der Waals surface area contributed by atoms with Gasteiger partial charge < -0.3 is 9.47 Å². The molecule has 4 aliphatic carbocycles. The summed E-state index contributed by atoms with van der Waals surface area (Å²) in [6.45, 7) is 6.12. The van der Waals surface area contributed by atoms with Crippen molar-refractivity contribution < 1.29 is 19.1 Å². The minimum atomic E-state index is -1.03. The van der Waals surface area contributed by atoms with Crippen LogP contribution in [-0.4, -0.2) is 28.4 Å². The minimum Gasteiger partial charge on any atom is -0.474 e. The number of carbonyl (C=O) groups excluding carboxylic acids is 2. The standard InChI is InChI=1S/C20H25NO4/c1-19(2)13-10-15(19)20(3,16(22)11-13)25-18(23)12-7-8-21-17(9-12)24-14-5-4-6-14/h7-9,13-15H,4-6,10-11H2,1-3H3/t13?,15?,20-/m1/s1. The zero-order valence-electron chi connectivity index (χ0n) is 15.1. The van der Waals surface area contributed by atoms with E-state index in [4.69, 9.17) is 9.47 Å². The molecular weight excluding hydrogens is 318 g/mol. The van der Waals surface area contributed by atoms with E-state index in [2.05, 4.69) is 18.8 Å². The molecule has 0 aromatic carbocycles. The second-order valence-electron chi connectivity index (χ2n) is 8.48. The van der Waals surface area contributed by atoms with Crippen molar-refractivity contribution in [2.45, 2.75) is 64.6 Å². The first kappa shape index (κ1) is 16.6. The van der Waals surface area contributed by atoms with Crippen LogP contribution in [0.1, 0.15) is 63.2 Å². The summed E-state index contributed by atoms with van der Waals surface area (Å²) in [5.74, 6) is 0.519. The van der Waals surface area contributed by atoms with E-state index in [-0.39, 0.29) is 23.2 Å². The molecule has 0 spiro atoms. The van der Waals surface area contributed by atoms with Crippen LogP contribution in [0.5, 0.6) is 5.88 Å². The number of carbonyl (C=O) groups is 2. The Morgan fingerprint density at radius 3 is 2.68 bits per heavy atom. The zero-order valence-corrected chi connectivity index (χ0v) is 15.1. The molecule has 3 atom stereocenters. The van der Waals surface area contributed by atoms with Crippen LogP contribution in [0.15, 0.2) is 18.3 Å². The number of pyridine rings is 1. The van der Waals surface area contributed by atoms with Crippen molar-refractivity contribution in [1.29, 1.82) is 0 Å². The molecule has 2 unspecified atom stereocenters. The molecule has 0 aliphatic heterocycles. The van der Waals surface area contributed by atoms with Crippen molar-refractivity contribution in [3.8, 4) is 5.88 Å². The zero-order chi connectivity index (χ0) is 17.8. The average Bonchev–Trinajstić information content (AvgIpc) is 2.53. The molecule has 0 N–H and O–H groups in total. The fourth-order valence-corrected chi connectivity index (χ4v) is 4.56. The minimum absolute atomic E-state index is 0.0413. The molecule has 0 amide bonds. The van der Waals surface area contributed by atoms with E-state index in [9.17, 15) is 9.59 Å². The van der Waals surface area contributed by atoms with Crippen LogP contribution in [0.25, 0.3) is 0 Å². The molecule has 2 bridgehead atoms. The lowest BCUT2D eigenvalue weighted by Crippen LogP contribution is -2.66. The van der Waals surface area contributed by atoms with E-state index in [1.165, 1.54) is 6.42 Å².